The van der Waals surface area contributed by atoms with Gasteiger partial charge in [-0.1, -0.05) is 60.7 Å². The van der Waals surface area contributed by atoms with Crippen LogP contribution in [0.15, 0.2) is 119 Å². The summed E-state index contributed by atoms with van der Waals surface area (Å²) in [6.07, 6.45) is 8.01. The van der Waals surface area contributed by atoms with Crippen molar-refractivity contribution < 1.29 is 34.8 Å². The molecule has 2 aliphatic carbocycles. The summed E-state index contributed by atoms with van der Waals surface area (Å²) in [7, 11) is 0. The lowest BCUT2D eigenvalue weighted by molar-refractivity contribution is -0.113. The third kappa shape index (κ3) is 12.3. The number of Topliss-reactive ketones (excluding diaryl/α,β-unsaturated/α-hetero) is 2. The van der Waals surface area contributed by atoms with E-state index in [4.69, 9.17) is 4.74 Å². The van der Waals surface area contributed by atoms with Gasteiger partial charge in [-0.05, 0) is 222 Å². The first-order chi connectivity index (χ1) is 29.5. The molecule has 0 spiro atoms. The lowest BCUT2D eigenvalue weighted by atomic mass is 9.79. The van der Waals surface area contributed by atoms with Crippen LogP contribution >= 0.6 is 0 Å². The maximum Gasteiger partial charge on any atom is 0.183 e. The van der Waals surface area contributed by atoms with Crippen LogP contribution in [0, 0.1) is 81.1 Å². The molecular formula is C56H64O7. The van der Waals surface area contributed by atoms with Gasteiger partial charge in [-0.3, -0.25) is 9.59 Å². The molecular weight excluding hydrogens is 785 g/mol. The monoisotopic (exact) mass is 848 g/mol. The van der Waals surface area contributed by atoms with Gasteiger partial charge in [0.2, 0.25) is 0 Å². The second-order valence-electron chi connectivity index (χ2n) is 17.1. The Balaban J connectivity index is 0.000000189. The Morgan fingerprint density at radius 3 is 0.905 bits per heavy atom. The van der Waals surface area contributed by atoms with Crippen LogP contribution in [0.4, 0.5) is 0 Å². The van der Waals surface area contributed by atoms with E-state index in [9.17, 15) is 30.0 Å². The molecule has 0 aromatic heterocycles. The molecule has 0 bridgehead atoms. The molecule has 0 aliphatic heterocycles. The number of aryl methyl sites for hydroxylation is 10. The molecule has 0 unspecified atom stereocenters. The summed E-state index contributed by atoms with van der Waals surface area (Å²) in [6, 6.07) is 23.4. The third-order valence-corrected chi connectivity index (χ3v) is 11.5. The van der Waals surface area contributed by atoms with Gasteiger partial charge in [-0.15, -0.1) is 0 Å². The number of phenols is 4. The fourth-order valence-corrected chi connectivity index (χ4v) is 7.72. The highest BCUT2D eigenvalue weighted by Gasteiger charge is 2.25. The Kier molecular flexibility index (Phi) is 16.3. The first-order valence-electron chi connectivity index (χ1n) is 21.2. The van der Waals surface area contributed by atoms with Crippen LogP contribution in [0.5, 0.6) is 34.5 Å². The van der Waals surface area contributed by atoms with Crippen molar-refractivity contribution >= 4 is 11.6 Å². The average molecular weight is 849 g/mol. The van der Waals surface area contributed by atoms with Crippen LogP contribution in [0.1, 0.15) is 83.3 Å². The van der Waals surface area contributed by atoms with Crippen molar-refractivity contribution in [3.05, 3.63) is 175 Å². The van der Waals surface area contributed by atoms with Crippen LogP contribution in [-0.2, 0) is 9.59 Å². The number of hydrogen-bond donors (Lipinski definition) is 4. The Hall–Kier alpha value is -6.60. The minimum atomic E-state index is 0.125. The number of carbonyl (C=O) groups excluding carboxylic acids is 2. The topological polar surface area (TPSA) is 124 Å². The van der Waals surface area contributed by atoms with Gasteiger partial charge in [0.1, 0.15) is 34.5 Å². The minimum absolute atomic E-state index is 0.125. The highest BCUT2D eigenvalue weighted by Crippen LogP contribution is 2.35. The number of ketones is 2. The van der Waals surface area contributed by atoms with Gasteiger partial charge in [-0.25, -0.2) is 0 Å². The molecule has 0 amide bonds. The van der Waals surface area contributed by atoms with E-state index in [1.165, 1.54) is 0 Å². The van der Waals surface area contributed by atoms with Crippen molar-refractivity contribution in [1.82, 2.24) is 0 Å². The second-order valence-corrected chi connectivity index (χ2v) is 17.1. The molecule has 330 valence electrons. The largest absolute Gasteiger partial charge is 0.507 e. The number of benzene rings is 5. The number of hydrogen-bond acceptors (Lipinski definition) is 7. The van der Waals surface area contributed by atoms with Crippen molar-refractivity contribution in [1.29, 1.82) is 0 Å². The van der Waals surface area contributed by atoms with E-state index in [1.807, 2.05) is 194 Å². The Morgan fingerprint density at radius 2 is 0.619 bits per heavy atom. The van der Waals surface area contributed by atoms with Crippen LogP contribution in [0.25, 0.3) is 11.1 Å². The van der Waals surface area contributed by atoms with E-state index in [1.54, 1.807) is 0 Å². The van der Waals surface area contributed by atoms with Crippen LogP contribution in [0.3, 0.4) is 0 Å². The molecule has 0 saturated carbocycles. The third-order valence-electron chi connectivity index (χ3n) is 11.5. The number of allylic oxidation sites excluding steroid dienone is 8. The van der Waals surface area contributed by atoms with Gasteiger partial charge >= 0.3 is 0 Å². The molecule has 2 aliphatic rings. The molecule has 0 saturated heterocycles. The molecule has 7 nitrogen and oxygen atoms in total. The SMILES string of the molecule is CC1=CC(C2C=C(C)C(=O)C(C)=C2)C=C(C)C1=O.Cc1cc(-c2cc(C)c(O)c(C)c2)cc(C)c1O.Cc1cc(Oc2c(C)cccc2C)cc(C)c1O.Cc1cccc(C)c1O. The molecule has 7 heteroatoms. The fraction of sp³-hybridized carbons (Fsp3) is 0.286. The normalized spacial score (nSPS) is 13.8. The maximum atomic E-state index is 11.7. The summed E-state index contributed by atoms with van der Waals surface area (Å²) >= 11 is 0. The first-order valence-corrected chi connectivity index (χ1v) is 21.2. The summed E-state index contributed by atoms with van der Waals surface area (Å²) < 4.78 is 5.95. The number of ether oxygens (including phenoxy) is 1. The van der Waals surface area contributed by atoms with Crippen molar-refractivity contribution in [2.24, 2.45) is 11.8 Å². The van der Waals surface area contributed by atoms with Crippen molar-refractivity contribution in [2.75, 3.05) is 0 Å². The van der Waals surface area contributed by atoms with E-state index in [0.29, 0.717) is 23.0 Å². The van der Waals surface area contributed by atoms with Crippen molar-refractivity contribution in [2.45, 2.75) is 96.9 Å². The van der Waals surface area contributed by atoms with Crippen molar-refractivity contribution in [3.63, 3.8) is 0 Å². The molecule has 63 heavy (non-hydrogen) atoms. The number of aromatic hydroxyl groups is 4. The lowest BCUT2D eigenvalue weighted by Crippen LogP contribution is -2.20. The number of rotatable bonds is 4. The summed E-state index contributed by atoms with van der Waals surface area (Å²) in [5.74, 6) is 3.72. The van der Waals surface area contributed by atoms with E-state index in [0.717, 1.165) is 101 Å². The number of phenolic OH excluding ortho intramolecular Hbond substituents is 4. The molecule has 5 aromatic rings. The zero-order valence-corrected chi connectivity index (χ0v) is 39.4. The molecule has 7 rings (SSSR count). The first kappa shape index (κ1) is 49.1. The second kappa shape index (κ2) is 21.0. The summed E-state index contributed by atoms with van der Waals surface area (Å²) in [6.45, 7) is 26.6. The zero-order valence-electron chi connectivity index (χ0n) is 39.4. The smallest absolute Gasteiger partial charge is 0.183 e. The van der Waals surface area contributed by atoms with Crippen LogP contribution in [-0.4, -0.2) is 32.0 Å². The minimum Gasteiger partial charge on any atom is -0.507 e. The lowest BCUT2D eigenvalue weighted by Gasteiger charge is -2.24. The fourth-order valence-electron chi connectivity index (χ4n) is 7.72. The van der Waals surface area contributed by atoms with E-state index >= 15 is 0 Å². The predicted octanol–water partition coefficient (Wildman–Crippen LogP) is 13.6. The zero-order chi connectivity index (χ0) is 47.0. The van der Waals surface area contributed by atoms with Crippen LogP contribution in [0.2, 0.25) is 0 Å². The average Bonchev–Trinajstić information content (AvgIpc) is 3.22. The molecule has 0 radical (unpaired) electrons. The summed E-state index contributed by atoms with van der Waals surface area (Å²) in [5, 5.41) is 38.5. The molecule has 5 aromatic carbocycles. The maximum absolute atomic E-state index is 11.7. The van der Waals surface area contributed by atoms with Crippen LogP contribution < -0.4 is 4.74 Å². The van der Waals surface area contributed by atoms with Gasteiger partial charge in [0.05, 0.1) is 0 Å². The Bertz CT molecular complexity index is 2410. The number of carbonyl (C=O) groups is 2. The molecule has 0 atom stereocenters. The van der Waals surface area contributed by atoms with E-state index < -0.39 is 0 Å². The Morgan fingerprint density at radius 1 is 0.365 bits per heavy atom. The van der Waals surface area contributed by atoms with Gasteiger partial charge in [-0.2, -0.15) is 0 Å². The predicted molar refractivity (Wildman–Crippen MR) is 257 cm³/mol. The van der Waals surface area contributed by atoms with Gasteiger partial charge in [0.15, 0.2) is 11.6 Å². The highest BCUT2D eigenvalue weighted by atomic mass is 16.5. The quantitative estimate of drug-likeness (QED) is 0.142. The van der Waals surface area contributed by atoms with Gasteiger partial charge < -0.3 is 25.2 Å². The molecule has 4 N–H and O–H groups in total. The standard InChI is InChI=1S/3C16H18O2.C8H10O/c2*1-9-5-13(6-10(2)15(9)17)14-7-11(3)16(18)12(4)8-14;1-10-6-5-7-11(2)16(10)18-14-8-12(3)15(17)13(4)9-14;1-6-4-3-5-7(2)8(6)9/h5-8,17-18H,1-4H3;5-8,13-14H,1-4H3;5-9,17H,1-4H3;3-5,9H,1-2H3. The molecule has 0 heterocycles. The van der Waals surface area contributed by atoms with Gasteiger partial charge in [0, 0.05) is 11.8 Å². The van der Waals surface area contributed by atoms with Gasteiger partial charge in [0.25, 0.3) is 0 Å². The van der Waals surface area contributed by atoms with E-state index in [2.05, 4.69) is 0 Å². The Labute approximate surface area is 374 Å². The summed E-state index contributed by atoms with van der Waals surface area (Å²) in [4.78, 5) is 23.4. The molecule has 0 fully saturated rings. The summed E-state index contributed by atoms with van der Waals surface area (Å²) in [5.41, 5.74) is 14.6. The number of para-hydroxylation sites is 2. The van der Waals surface area contributed by atoms with Crippen molar-refractivity contribution in [3.8, 4) is 45.6 Å². The van der Waals surface area contributed by atoms with E-state index in [-0.39, 0.29) is 23.4 Å². The highest BCUT2D eigenvalue weighted by molar-refractivity contribution is 6.09.